The van der Waals surface area contributed by atoms with Crippen LogP contribution in [-0.2, 0) is 13.6 Å². The molecule has 1 aromatic heterocycles. The molecule has 138 valence electrons. The summed E-state index contributed by atoms with van der Waals surface area (Å²) in [5.41, 5.74) is 1.29. The molecule has 1 fully saturated rings. The van der Waals surface area contributed by atoms with Crippen LogP contribution in [0.2, 0.25) is 0 Å². The molecule has 0 saturated carbocycles. The second-order valence-electron chi connectivity index (χ2n) is 6.96. The molecule has 1 saturated heterocycles. The molecule has 0 radical (unpaired) electrons. The third-order valence-corrected chi connectivity index (χ3v) is 5.02. The summed E-state index contributed by atoms with van der Waals surface area (Å²) in [5.74, 6) is 1.85. The molecule has 1 unspecified atom stereocenters. The van der Waals surface area contributed by atoms with Gasteiger partial charge in [0.1, 0.15) is 0 Å². The van der Waals surface area contributed by atoms with Crippen LogP contribution in [0.1, 0.15) is 32.4 Å². The number of likely N-dealkylation sites (tertiary alicyclic amines) is 1. The van der Waals surface area contributed by atoms with E-state index in [1.807, 2.05) is 7.05 Å². The average Bonchev–Trinajstić information content (AvgIpc) is 2.93. The van der Waals surface area contributed by atoms with Crippen LogP contribution < -0.4 is 5.32 Å². The zero-order valence-corrected chi connectivity index (χ0v) is 18.2. The van der Waals surface area contributed by atoms with Crippen LogP contribution in [0.5, 0.6) is 0 Å². The van der Waals surface area contributed by atoms with Crippen molar-refractivity contribution in [3.63, 3.8) is 0 Å². The molecule has 2 rings (SSSR count). The predicted molar refractivity (Wildman–Crippen MR) is 113 cm³/mol. The number of hydrogen-bond donors (Lipinski definition) is 1. The lowest BCUT2D eigenvalue weighted by Gasteiger charge is -2.35. The van der Waals surface area contributed by atoms with Crippen molar-refractivity contribution in [2.45, 2.75) is 39.3 Å². The smallest absolute Gasteiger partial charge is 0.193 e. The maximum atomic E-state index is 4.43. The molecule has 0 amide bonds. The van der Waals surface area contributed by atoms with Gasteiger partial charge in [0.15, 0.2) is 5.96 Å². The van der Waals surface area contributed by atoms with E-state index in [-0.39, 0.29) is 24.0 Å². The van der Waals surface area contributed by atoms with Gasteiger partial charge in [-0.1, -0.05) is 6.92 Å². The van der Waals surface area contributed by atoms with Gasteiger partial charge in [-0.2, -0.15) is 0 Å². The number of aromatic nitrogens is 1. The van der Waals surface area contributed by atoms with Gasteiger partial charge in [-0.25, -0.2) is 0 Å². The molecule has 1 aliphatic rings. The van der Waals surface area contributed by atoms with E-state index in [1.165, 1.54) is 31.6 Å². The summed E-state index contributed by atoms with van der Waals surface area (Å²) in [7, 11) is 6.03. The Morgan fingerprint density at radius 2 is 2.08 bits per heavy atom. The number of guanidine groups is 1. The van der Waals surface area contributed by atoms with Crippen molar-refractivity contribution < 1.29 is 0 Å². The van der Waals surface area contributed by atoms with Crippen LogP contribution in [0.15, 0.2) is 23.3 Å². The molecule has 2 heterocycles. The summed E-state index contributed by atoms with van der Waals surface area (Å²) in [6.07, 6.45) is 4.73. The Kier molecular flexibility index (Phi) is 9.12. The van der Waals surface area contributed by atoms with Gasteiger partial charge in [0.2, 0.25) is 0 Å². The van der Waals surface area contributed by atoms with E-state index in [0.717, 1.165) is 25.0 Å². The number of nitrogens with zero attached hydrogens (tertiary/aromatic N) is 4. The minimum absolute atomic E-state index is 0. The Bertz CT molecular complexity index is 505. The fourth-order valence-corrected chi connectivity index (χ4v) is 3.20. The summed E-state index contributed by atoms with van der Waals surface area (Å²) in [4.78, 5) is 9.21. The Morgan fingerprint density at radius 1 is 1.42 bits per heavy atom. The molecule has 5 nitrogen and oxygen atoms in total. The molecule has 1 atom stereocenters. The van der Waals surface area contributed by atoms with Gasteiger partial charge in [0, 0.05) is 45.6 Å². The minimum atomic E-state index is 0. The van der Waals surface area contributed by atoms with Crippen molar-refractivity contribution in [1.29, 1.82) is 0 Å². The summed E-state index contributed by atoms with van der Waals surface area (Å²) < 4.78 is 2.15. The number of nitrogens with one attached hydrogen (secondary N) is 1. The first kappa shape index (κ1) is 21.3. The topological polar surface area (TPSA) is 35.8 Å². The number of hydrogen-bond acceptors (Lipinski definition) is 2. The molecule has 1 aliphatic heterocycles. The van der Waals surface area contributed by atoms with Crippen LogP contribution in [0.25, 0.3) is 0 Å². The molecular formula is C18H34IN5. The molecular weight excluding hydrogens is 413 g/mol. The highest BCUT2D eigenvalue weighted by Gasteiger charge is 2.20. The second-order valence-corrected chi connectivity index (χ2v) is 6.96. The van der Waals surface area contributed by atoms with Gasteiger partial charge in [0.25, 0.3) is 0 Å². The van der Waals surface area contributed by atoms with Crippen molar-refractivity contribution in [2.24, 2.45) is 18.0 Å². The van der Waals surface area contributed by atoms with E-state index in [2.05, 4.69) is 70.9 Å². The summed E-state index contributed by atoms with van der Waals surface area (Å²) in [5, 5.41) is 3.53. The SMILES string of the molecule is CN=C(NCC(C)N1CCC(C)CC1)N(C)Cc1cccn1C.I. The molecule has 0 aliphatic carbocycles. The fourth-order valence-electron chi connectivity index (χ4n) is 3.20. The third-order valence-electron chi connectivity index (χ3n) is 5.02. The average molecular weight is 447 g/mol. The normalized spacial score (nSPS) is 18.1. The Labute approximate surface area is 164 Å². The summed E-state index contributed by atoms with van der Waals surface area (Å²) in [6, 6.07) is 4.78. The van der Waals surface area contributed by atoms with E-state index < -0.39 is 0 Å². The Balaban J connectivity index is 0.00000288. The number of aryl methyl sites for hydroxylation is 1. The van der Waals surface area contributed by atoms with Gasteiger partial charge in [-0.3, -0.25) is 9.89 Å². The Morgan fingerprint density at radius 3 is 2.62 bits per heavy atom. The van der Waals surface area contributed by atoms with Crippen molar-refractivity contribution in [1.82, 2.24) is 19.7 Å². The molecule has 24 heavy (non-hydrogen) atoms. The summed E-state index contributed by atoms with van der Waals surface area (Å²) >= 11 is 0. The molecule has 1 N–H and O–H groups in total. The standard InChI is InChI=1S/C18H33N5.HI/c1-15-8-11-23(12-9-15)16(2)13-20-18(19-3)22(5)14-17-7-6-10-21(17)4;/h6-7,10,15-16H,8-9,11-14H2,1-5H3,(H,19,20);1H. The highest BCUT2D eigenvalue weighted by molar-refractivity contribution is 14.0. The second kappa shape index (κ2) is 10.3. The van der Waals surface area contributed by atoms with Crippen LogP contribution in [0, 0.1) is 5.92 Å². The third kappa shape index (κ3) is 5.95. The van der Waals surface area contributed by atoms with Crippen molar-refractivity contribution >= 4 is 29.9 Å². The lowest BCUT2D eigenvalue weighted by atomic mass is 9.98. The Hall–Kier alpha value is -0.760. The van der Waals surface area contributed by atoms with Crippen molar-refractivity contribution in [3.05, 3.63) is 24.0 Å². The zero-order valence-electron chi connectivity index (χ0n) is 15.8. The fraction of sp³-hybridized carbons (Fsp3) is 0.722. The quantitative estimate of drug-likeness (QED) is 0.429. The lowest BCUT2D eigenvalue weighted by molar-refractivity contribution is 0.147. The van der Waals surface area contributed by atoms with Crippen molar-refractivity contribution in [2.75, 3.05) is 33.7 Å². The number of piperidine rings is 1. The van der Waals surface area contributed by atoms with E-state index >= 15 is 0 Å². The first-order valence-corrected chi connectivity index (χ1v) is 8.77. The van der Waals surface area contributed by atoms with Gasteiger partial charge >= 0.3 is 0 Å². The van der Waals surface area contributed by atoms with Gasteiger partial charge in [-0.05, 0) is 50.9 Å². The van der Waals surface area contributed by atoms with E-state index in [1.54, 1.807) is 0 Å². The lowest BCUT2D eigenvalue weighted by Crippen LogP contribution is -2.48. The highest BCUT2D eigenvalue weighted by atomic mass is 127. The van der Waals surface area contributed by atoms with Crippen LogP contribution >= 0.6 is 24.0 Å². The molecule has 0 bridgehead atoms. The highest BCUT2D eigenvalue weighted by Crippen LogP contribution is 2.17. The van der Waals surface area contributed by atoms with Crippen LogP contribution in [-0.4, -0.2) is 60.1 Å². The number of rotatable bonds is 5. The molecule has 0 spiro atoms. The van der Waals surface area contributed by atoms with E-state index in [0.29, 0.717) is 6.04 Å². The summed E-state index contributed by atoms with van der Waals surface area (Å²) in [6.45, 7) is 8.93. The first-order valence-electron chi connectivity index (χ1n) is 8.77. The molecule has 6 heteroatoms. The van der Waals surface area contributed by atoms with Crippen molar-refractivity contribution in [3.8, 4) is 0 Å². The number of halogens is 1. The minimum Gasteiger partial charge on any atom is -0.355 e. The van der Waals surface area contributed by atoms with E-state index in [9.17, 15) is 0 Å². The van der Waals surface area contributed by atoms with Crippen LogP contribution in [0.4, 0.5) is 0 Å². The molecule has 0 aromatic carbocycles. The van der Waals surface area contributed by atoms with Crippen LogP contribution in [0.3, 0.4) is 0 Å². The predicted octanol–water partition coefficient (Wildman–Crippen LogP) is 2.77. The molecule has 1 aromatic rings. The maximum absolute atomic E-state index is 4.43. The van der Waals surface area contributed by atoms with E-state index in [4.69, 9.17) is 0 Å². The number of aliphatic imine (C=N–C) groups is 1. The maximum Gasteiger partial charge on any atom is 0.193 e. The monoisotopic (exact) mass is 447 g/mol. The van der Waals surface area contributed by atoms with Gasteiger partial charge < -0.3 is 14.8 Å². The van der Waals surface area contributed by atoms with Gasteiger partial charge in [-0.15, -0.1) is 24.0 Å². The first-order chi connectivity index (χ1) is 11.0. The largest absolute Gasteiger partial charge is 0.355 e. The zero-order chi connectivity index (χ0) is 16.8. The van der Waals surface area contributed by atoms with Gasteiger partial charge in [0.05, 0.1) is 6.54 Å².